The molecule has 0 radical (unpaired) electrons. The van der Waals surface area contributed by atoms with E-state index < -0.39 is 0 Å². The molecular formula is C15H27N3. The van der Waals surface area contributed by atoms with E-state index >= 15 is 0 Å². The third kappa shape index (κ3) is 3.35. The van der Waals surface area contributed by atoms with Crippen LogP contribution < -0.4 is 5.32 Å². The van der Waals surface area contributed by atoms with Gasteiger partial charge in [-0.3, -0.25) is 4.68 Å². The lowest BCUT2D eigenvalue weighted by atomic mass is 10.0. The molecule has 0 bridgehead atoms. The van der Waals surface area contributed by atoms with Gasteiger partial charge < -0.3 is 5.32 Å². The molecule has 3 atom stereocenters. The van der Waals surface area contributed by atoms with E-state index in [-0.39, 0.29) is 0 Å². The second kappa shape index (κ2) is 5.87. The number of rotatable bonds is 3. The van der Waals surface area contributed by atoms with Gasteiger partial charge in [0.05, 0.1) is 5.69 Å². The van der Waals surface area contributed by atoms with E-state index in [0.29, 0.717) is 12.1 Å². The Labute approximate surface area is 111 Å². The normalized spacial score (nSPS) is 26.9. The minimum absolute atomic E-state index is 0.414. The quantitative estimate of drug-likeness (QED) is 0.833. The van der Waals surface area contributed by atoms with E-state index in [1.54, 1.807) is 0 Å². The fourth-order valence-corrected chi connectivity index (χ4v) is 3.14. The molecule has 1 aliphatic carbocycles. The van der Waals surface area contributed by atoms with Gasteiger partial charge in [0, 0.05) is 30.9 Å². The van der Waals surface area contributed by atoms with Crippen molar-refractivity contribution in [3.05, 3.63) is 17.5 Å². The van der Waals surface area contributed by atoms with Gasteiger partial charge in [-0.25, -0.2) is 0 Å². The first-order valence-corrected chi connectivity index (χ1v) is 7.32. The van der Waals surface area contributed by atoms with Crippen LogP contribution in [0.1, 0.15) is 63.3 Å². The summed E-state index contributed by atoms with van der Waals surface area (Å²) in [6.07, 6.45) is 8.94. The maximum absolute atomic E-state index is 4.43. The van der Waals surface area contributed by atoms with Crippen LogP contribution in [-0.2, 0) is 7.05 Å². The van der Waals surface area contributed by atoms with E-state index in [1.807, 2.05) is 11.7 Å². The summed E-state index contributed by atoms with van der Waals surface area (Å²) in [6.45, 7) is 6.75. The monoisotopic (exact) mass is 249 g/mol. The minimum atomic E-state index is 0.414. The lowest BCUT2D eigenvalue weighted by Gasteiger charge is -2.22. The molecule has 1 aliphatic rings. The number of hydrogen-bond donors (Lipinski definition) is 1. The van der Waals surface area contributed by atoms with E-state index in [0.717, 1.165) is 11.6 Å². The van der Waals surface area contributed by atoms with Crippen LogP contribution in [0.4, 0.5) is 0 Å². The number of nitrogens with zero attached hydrogens (tertiary/aromatic N) is 2. The fourth-order valence-electron chi connectivity index (χ4n) is 3.14. The van der Waals surface area contributed by atoms with Crippen molar-refractivity contribution in [1.82, 2.24) is 15.1 Å². The molecule has 3 unspecified atom stereocenters. The van der Waals surface area contributed by atoms with Crippen molar-refractivity contribution in [2.24, 2.45) is 13.0 Å². The van der Waals surface area contributed by atoms with Crippen LogP contribution in [0.2, 0.25) is 0 Å². The minimum Gasteiger partial charge on any atom is -0.307 e. The Morgan fingerprint density at radius 1 is 1.33 bits per heavy atom. The molecule has 1 fully saturated rings. The molecule has 102 valence electrons. The third-order valence-electron chi connectivity index (χ3n) is 4.26. The summed E-state index contributed by atoms with van der Waals surface area (Å²) in [7, 11) is 2.00. The van der Waals surface area contributed by atoms with Gasteiger partial charge in [0.2, 0.25) is 0 Å². The lowest BCUT2D eigenvalue weighted by Crippen LogP contribution is -2.31. The Morgan fingerprint density at radius 3 is 2.78 bits per heavy atom. The molecule has 1 heterocycles. The molecule has 1 aromatic heterocycles. The molecule has 1 saturated carbocycles. The van der Waals surface area contributed by atoms with E-state index in [2.05, 4.69) is 37.4 Å². The third-order valence-corrected chi connectivity index (χ3v) is 4.26. The summed E-state index contributed by atoms with van der Waals surface area (Å²) in [5.41, 5.74) is 2.49. The van der Waals surface area contributed by atoms with Crippen LogP contribution in [0.5, 0.6) is 0 Å². The Kier molecular flexibility index (Phi) is 4.44. The van der Waals surface area contributed by atoms with Crippen molar-refractivity contribution in [2.45, 2.75) is 65.0 Å². The van der Waals surface area contributed by atoms with Crippen molar-refractivity contribution >= 4 is 0 Å². The summed E-state index contributed by atoms with van der Waals surface area (Å²) < 4.78 is 1.91. The zero-order valence-corrected chi connectivity index (χ0v) is 12.2. The van der Waals surface area contributed by atoms with Crippen molar-refractivity contribution in [3.63, 3.8) is 0 Å². The molecule has 3 heteroatoms. The predicted octanol–water partition coefficient (Wildman–Crippen LogP) is 3.35. The molecule has 18 heavy (non-hydrogen) atoms. The molecule has 1 aromatic rings. The summed E-state index contributed by atoms with van der Waals surface area (Å²) in [6, 6.07) is 1.10. The first-order chi connectivity index (χ1) is 8.56. The van der Waals surface area contributed by atoms with E-state index in [9.17, 15) is 0 Å². The van der Waals surface area contributed by atoms with Gasteiger partial charge in [-0.1, -0.05) is 19.8 Å². The Hall–Kier alpha value is -0.830. The summed E-state index contributed by atoms with van der Waals surface area (Å²) in [5.74, 6) is 0.909. The Balaban J connectivity index is 1.94. The average Bonchev–Trinajstić information content (AvgIpc) is 2.51. The second-order valence-electron chi connectivity index (χ2n) is 6.04. The largest absolute Gasteiger partial charge is 0.307 e. The molecule has 1 N–H and O–H groups in total. The smallest absolute Gasteiger partial charge is 0.0641 e. The van der Waals surface area contributed by atoms with Crippen LogP contribution in [0, 0.1) is 12.8 Å². The van der Waals surface area contributed by atoms with Crippen LogP contribution in [0.25, 0.3) is 0 Å². The average molecular weight is 249 g/mol. The van der Waals surface area contributed by atoms with Crippen LogP contribution in [0.3, 0.4) is 0 Å². The first kappa shape index (κ1) is 13.6. The van der Waals surface area contributed by atoms with Gasteiger partial charge >= 0.3 is 0 Å². The van der Waals surface area contributed by atoms with Crippen molar-refractivity contribution in [2.75, 3.05) is 0 Å². The highest BCUT2D eigenvalue weighted by Crippen LogP contribution is 2.25. The summed E-state index contributed by atoms with van der Waals surface area (Å²) in [4.78, 5) is 0. The Bertz CT molecular complexity index is 383. The Morgan fingerprint density at radius 2 is 2.11 bits per heavy atom. The highest BCUT2D eigenvalue weighted by molar-refractivity contribution is 5.19. The zero-order valence-electron chi connectivity index (χ0n) is 12.2. The fraction of sp³-hybridized carbons (Fsp3) is 0.800. The number of aromatic nitrogens is 2. The molecule has 0 saturated heterocycles. The van der Waals surface area contributed by atoms with Crippen LogP contribution in [-0.4, -0.2) is 15.8 Å². The van der Waals surface area contributed by atoms with Gasteiger partial charge in [0.25, 0.3) is 0 Å². The summed E-state index contributed by atoms with van der Waals surface area (Å²) in [5, 5.41) is 8.23. The first-order valence-electron chi connectivity index (χ1n) is 7.32. The van der Waals surface area contributed by atoms with E-state index in [4.69, 9.17) is 0 Å². The molecule has 0 spiro atoms. The van der Waals surface area contributed by atoms with E-state index in [1.165, 1.54) is 37.7 Å². The standard InChI is InChI=1S/C15H27N3/c1-11-6-5-7-14(9-8-11)16-12(2)15-10-18(4)17-13(15)3/h10-12,14,16H,5-9H2,1-4H3. The highest BCUT2D eigenvalue weighted by atomic mass is 15.3. The number of nitrogens with one attached hydrogen (secondary N) is 1. The second-order valence-corrected chi connectivity index (χ2v) is 6.04. The molecule has 0 aliphatic heterocycles. The lowest BCUT2D eigenvalue weighted by molar-refractivity contribution is 0.407. The highest BCUT2D eigenvalue weighted by Gasteiger charge is 2.19. The molecule has 2 rings (SSSR count). The number of aryl methyl sites for hydroxylation is 2. The topological polar surface area (TPSA) is 29.9 Å². The number of hydrogen-bond acceptors (Lipinski definition) is 2. The van der Waals surface area contributed by atoms with Crippen molar-refractivity contribution < 1.29 is 0 Å². The molecule has 3 nitrogen and oxygen atoms in total. The zero-order chi connectivity index (χ0) is 13.1. The maximum Gasteiger partial charge on any atom is 0.0641 e. The summed E-state index contributed by atoms with van der Waals surface area (Å²) >= 11 is 0. The van der Waals surface area contributed by atoms with Gasteiger partial charge in [0.1, 0.15) is 0 Å². The van der Waals surface area contributed by atoms with Gasteiger partial charge in [-0.05, 0) is 39.0 Å². The van der Waals surface area contributed by atoms with Gasteiger partial charge in [0.15, 0.2) is 0 Å². The predicted molar refractivity (Wildman–Crippen MR) is 75.5 cm³/mol. The maximum atomic E-state index is 4.43. The van der Waals surface area contributed by atoms with Crippen molar-refractivity contribution in [1.29, 1.82) is 0 Å². The van der Waals surface area contributed by atoms with Gasteiger partial charge in [-0.15, -0.1) is 0 Å². The van der Waals surface area contributed by atoms with Crippen LogP contribution in [0.15, 0.2) is 6.20 Å². The molecular weight excluding hydrogens is 222 g/mol. The SMILES string of the molecule is Cc1nn(C)cc1C(C)NC1CCCC(C)CC1. The van der Waals surface area contributed by atoms with Crippen molar-refractivity contribution in [3.8, 4) is 0 Å². The molecule has 0 amide bonds. The molecule has 0 aromatic carbocycles. The van der Waals surface area contributed by atoms with Gasteiger partial charge in [-0.2, -0.15) is 5.10 Å². The van der Waals surface area contributed by atoms with Crippen LogP contribution >= 0.6 is 0 Å².